The first-order valence-corrected chi connectivity index (χ1v) is 8.99. The van der Waals surface area contributed by atoms with Crippen LogP contribution in [-0.2, 0) is 0 Å². The number of nitrogens with one attached hydrogen (secondary N) is 1. The van der Waals surface area contributed by atoms with Crippen molar-refractivity contribution < 1.29 is 0 Å². The molecule has 1 aliphatic heterocycles. The van der Waals surface area contributed by atoms with Gasteiger partial charge < -0.3 is 5.32 Å². The first kappa shape index (κ1) is 15.1. The van der Waals surface area contributed by atoms with Crippen LogP contribution in [0, 0.1) is 0 Å². The van der Waals surface area contributed by atoms with Gasteiger partial charge in [-0.25, -0.2) is 0 Å². The van der Waals surface area contributed by atoms with Gasteiger partial charge in [0.15, 0.2) is 0 Å². The summed E-state index contributed by atoms with van der Waals surface area (Å²) in [5.74, 6) is 0.707. The molecule has 0 saturated carbocycles. The van der Waals surface area contributed by atoms with E-state index in [2.05, 4.69) is 75.4 Å². The Balaban J connectivity index is 1.66. The topological polar surface area (TPSA) is 55.6 Å². The number of benzene rings is 2. The van der Waals surface area contributed by atoms with E-state index < -0.39 is 0 Å². The third kappa shape index (κ3) is 2.52. The van der Waals surface area contributed by atoms with E-state index in [-0.39, 0.29) is 6.04 Å². The van der Waals surface area contributed by atoms with Crippen LogP contribution in [0.3, 0.4) is 0 Å². The molecule has 26 heavy (non-hydrogen) atoms. The van der Waals surface area contributed by atoms with E-state index in [1.54, 1.807) is 0 Å². The maximum atomic E-state index is 4.25. The van der Waals surface area contributed by atoms with E-state index in [1.807, 2.05) is 16.8 Å². The molecule has 0 saturated heterocycles. The number of fused-ring (bicyclic) bond motifs is 1. The highest BCUT2D eigenvalue weighted by atomic mass is 15.6. The Kier molecular flexibility index (Phi) is 3.63. The number of hydrogen-bond donors (Lipinski definition) is 1. The number of rotatable bonds is 2. The molecule has 1 aromatic heterocycles. The lowest BCUT2D eigenvalue weighted by Crippen LogP contribution is -2.28. The molecule has 2 aliphatic rings. The number of allylic oxidation sites excluding steroid dienone is 2. The Morgan fingerprint density at radius 3 is 2.54 bits per heavy atom. The van der Waals surface area contributed by atoms with Crippen molar-refractivity contribution in [3.63, 3.8) is 0 Å². The minimum atomic E-state index is 0.0527. The smallest absolute Gasteiger partial charge is 0.248 e. The van der Waals surface area contributed by atoms with E-state index in [0.717, 1.165) is 19.3 Å². The predicted molar refractivity (Wildman–Crippen MR) is 101 cm³/mol. The number of anilines is 1. The molecule has 0 bridgehead atoms. The second kappa shape index (κ2) is 6.26. The number of hydrogen-bond acceptors (Lipinski definition) is 4. The number of tetrazole rings is 1. The first-order chi connectivity index (χ1) is 12.9. The summed E-state index contributed by atoms with van der Waals surface area (Å²) < 4.78 is 1.90. The van der Waals surface area contributed by atoms with Gasteiger partial charge in [-0.1, -0.05) is 65.8 Å². The van der Waals surface area contributed by atoms with Crippen molar-refractivity contribution >= 4 is 12.0 Å². The number of nitrogens with zero attached hydrogens (tertiary/aromatic N) is 4. The Morgan fingerprint density at radius 2 is 1.73 bits per heavy atom. The standard InChI is InChI=1S/C21H19N5/c1-3-8-15(9-4-1)14-17-12-7-13-18-19(17)22-21-23-24-25-26(21)20(18)16-10-5-2-6-11-16/h1-6,8-11,14,20H,7,12-13H2,(H,22,23,25)/b17-14-/t20-/m1/s1. The fourth-order valence-corrected chi connectivity index (χ4v) is 3.94. The van der Waals surface area contributed by atoms with Crippen molar-refractivity contribution in [3.05, 3.63) is 88.6 Å². The van der Waals surface area contributed by atoms with E-state index >= 15 is 0 Å². The van der Waals surface area contributed by atoms with E-state index in [4.69, 9.17) is 0 Å². The van der Waals surface area contributed by atoms with Crippen molar-refractivity contribution in [2.45, 2.75) is 25.3 Å². The van der Waals surface area contributed by atoms with Gasteiger partial charge in [-0.2, -0.15) is 4.68 Å². The monoisotopic (exact) mass is 341 g/mol. The molecule has 5 nitrogen and oxygen atoms in total. The fraction of sp³-hybridized carbons (Fsp3) is 0.190. The van der Waals surface area contributed by atoms with E-state index in [1.165, 1.54) is 28.0 Å². The normalized spacial score (nSPS) is 20.5. The van der Waals surface area contributed by atoms with Gasteiger partial charge in [0.25, 0.3) is 0 Å². The Morgan fingerprint density at radius 1 is 0.962 bits per heavy atom. The van der Waals surface area contributed by atoms with Gasteiger partial charge in [-0.05, 0) is 58.0 Å². The molecule has 1 N–H and O–H groups in total. The van der Waals surface area contributed by atoms with Gasteiger partial charge in [0.05, 0.1) is 0 Å². The second-order valence-corrected chi connectivity index (χ2v) is 6.72. The van der Waals surface area contributed by atoms with Crippen molar-refractivity contribution in [1.29, 1.82) is 0 Å². The summed E-state index contributed by atoms with van der Waals surface area (Å²) >= 11 is 0. The van der Waals surface area contributed by atoms with Crippen LogP contribution in [0.15, 0.2) is 77.5 Å². The van der Waals surface area contributed by atoms with Crippen molar-refractivity contribution in [1.82, 2.24) is 20.2 Å². The van der Waals surface area contributed by atoms with Gasteiger partial charge >= 0.3 is 0 Å². The zero-order chi connectivity index (χ0) is 17.3. The van der Waals surface area contributed by atoms with Crippen LogP contribution in [0.25, 0.3) is 6.08 Å². The van der Waals surface area contributed by atoms with Crippen molar-refractivity contribution in [2.75, 3.05) is 5.32 Å². The summed E-state index contributed by atoms with van der Waals surface area (Å²) in [6.07, 6.45) is 5.53. The first-order valence-electron chi connectivity index (χ1n) is 8.99. The minimum Gasteiger partial charge on any atom is -0.323 e. The maximum Gasteiger partial charge on any atom is 0.248 e. The van der Waals surface area contributed by atoms with Gasteiger partial charge in [0.2, 0.25) is 5.95 Å². The van der Waals surface area contributed by atoms with E-state index in [9.17, 15) is 0 Å². The van der Waals surface area contributed by atoms with Crippen LogP contribution >= 0.6 is 0 Å². The highest BCUT2D eigenvalue weighted by Gasteiger charge is 2.33. The molecule has 0 radical (unpaired) electrons. The maximum absolute atomic E-state index is 4.25. The average molecular weight is 341 g/mol. The molecule has 0 unspecified atom stereocenters. The van der Waals surface area contributed by atoms with Crippen molar-refractivity contribution in [3.8, 4) is 0 Å². The molecule has 0 fully saturated rings. The molecule has 1 aliphatic carbocycles. The molecule has 128 valence electrons. The summed E-state index contributed by atoms with van der Waals surface area (Å²) in [5.41, 5.74) is 6.32. The highest BCUT2D eigenvalue weighted by Crippen LogP contribution is 2.43. The predicted octanol–water partition coefficient (Wildman–Crippen LogP) is 4.21. The fourth-order valence-electron chi connectivity index (χ4n) is 3.94. The van der Waals surface area contributed by atoms with Crippen LogP contribution in [0.5, 0.6) is 0 Å². The lowest BCUT2D eigenvalue weighted by atomic mass is 9.83. The van der Waals surface area contributed by atoms with Gasteiger partial charge in [0.1, 0.15) is 6.04 Å². The summed E-state index contributed by atoms with van der Waals surface area (Å²) in [6, 6.07) is 21.0. The average Bonchev–Trinajstić information content (AvgIpc) is 3.16. The SMILES string of the molecule is C(=C1\CCCC2=C1Nc1nnnn1[C@@H]2c1ccccc1)/c1ccccc1. The lowest BCUT2D eigenvalue weighted by Gasteiger charge is -2.34. The molecule has 5 heteroatoms. The van der Waals surface area contributed by atoms with Crippen LogP contribution in [0.2, 0.25) is 0 Å². The molecule has 3 aromatic rings. The van der Waals surface area contributed by atoms with Gasteiger partial charge in [-0.3, -0.25) is 0 Å². The molecular formula is C21H19N5. The third-order valence-corrected chi connectivity index (χ3v) is 5.09. The Labute approximate surface area is 152 Å². The molecule has 1 atom stereocenters. The van der Waals surface area contributed by atoms with Crippen LogP contribution in [0.1, 0.15) is 36.4 Å². The summed E-state index contributed by atoms with van der Waals surface area (Å²) in [6.45, 7) is 0. The summed E-state index contributed by atoms with van der Waals surface area (Å²) in [7, 11) is 0. The Hall–Kier alpha value is -3.21. The third-order valence-electron chi connectivity index (χ3n) is 5.09. The minimum absolute atomic E-state index is 0.0527. The number of aromatic nitrogens is 4. The highest BCUT2D eigenvalue weighted by molar-refractivity contribution is 5.65. The molecule has 5 rings (SSSR count). The summed E-state index contributed by atoms with van der Waals surface area (Å²) in [5, 5.41) is 15.8. The van der Waals surface area contributed by atoms with Crippen LogP contribution in [0.4, 0.5) is 5.95 Å². The molecule has 2 heterocycles. The van der Waals surface area contributed by atoms with Crippen molar-refractivity contribution in [2.24, 2.45) is 0 Å². The Bertz CT molecular complexity index is 986. The summed E-state index contributed by atoms with van der Waals surface area (Å²) in [4.78, 5) is 0. The molecule has 0 amide bonds. The van der Waals surface area contributed by atoms with Crippen LogP contribution < -0.4 is 5.32 Å². The molecular weight excluding hydrogens is 322 g/mol. The zero-order valence-electron chi connectivity index (χ0n) is 14.3. The largest absolute Gasteiger partial charge is 0.323 e. The quantitative estimate of drug-likeness (QED) is 0.758. The zero-order valence-corrected chi connectivity index (χ0v) is 14.3. The second-order valence-electron chi connectivity index (χ2n) is 6.72. The van der Waals surface area contributed by atoms with Crippen LogP contribution in [-0.4, -0.2) is 20.2 Å². The molecule has 2 aromatic carbocycles. The van der Waals surface area contributed by atoms with Gasteiger partial charge in [-0.15, -0.1) is 0 Å². The van der Waals surface area contributed by atoms with Gasteiger partial charge in [0, 0.05) is 5.70 Å². The lowest BCUT2D eigenvalue weighted by molar-refractivity contribution is 0.524. The molecule has 0 spiro atoms. The van der Waals surface area contributed by atoms with E-state index in [0.29, 0.717) is 5.95 Å².